The van der Waals surface area contributed by atoms with Crippen molar-refractivity contribution in [1.82, 2.24) is 29.7 Å². The Balaban J connectivity index is 1.83. The minimum atomic E-state index is -3.85. The van der Waals surface area contributed by atoms with Gasteiger partial charge in [0.1, 0.15) is 22.8 Å². The van der Waals surface area contributed by atoms with Crippen molar-refractivity contribution in [2.45, 2.75) is 24.0 Å². The zero-order valence-electron chi connectivity index (χ0n) is 20.6. The number of hydrogen-bond donors (Lipinski definition) is 0. The molecular weight excluding hydrogens is 520 g/mol. The predicted molar refractivity (Wildman–Crippen MR) is 137 cm³/mol. The van der Waals surface area contributed by atoms with Crippen molar-refractivity contribution in [3.8, 4) is 28.7 Å². The molecule has 4 aromatic rings. The first-order chi connectivity index (χ1) is 17.8. The third-order valence-corrected chi connectivity index (χ3v) is 8.06. The van der Waals surface area contributed by atoms with E-state index in [1.807, 2.05) is 0 Å². The lowest BCUT2D eigenvalue weighted by molar-refractivity contribution is 0.102. The van der Waals surface area contributed by atoms with Crippen LogP contribution in [0, 0.1) is 0 Å². The number of hydrogen-bond acceptors (Lipinski definition) is 10. The van der Waals surface area contributed by atoms with Crippen molar-refractivity contribution in [1.29, 1.82) is 0 Å². The SMILES string of the molecule is COc1ccnc(OC)c1-n1c(CS(=O)(=O)[C@H](C)[C@@H](OC)c2ccc(Cl)nc2)nnc1-c1cccnc1. The Bertz CT molecular complexity index is 1440. The molecule has 0 aliphatic carbocycles. The predicted octanol–water partition coefficient (Wildman–Crippen LogP) is 3.48. The van der Waals surface area contributed by atoms with E-state index in [1.54, 1.807) is 54.2 Å². The first-order valence-electron chi connectivity index (χ1n) is 11.1. The molecule has 4 rings (SSSR count). The molecule has 0 bridgehead atoms. The summed E-state index contributed by atoms with van der Waals surface area (Å²) in [6.07, 6.45) is 5.46. The monoisotopic (exact) mass is 544 g/mol. The van der Waals surface area contributed by atoms with Crippen LogP contribution in [0.25, 0.3) is 17.1 Å². The number of rotatable bonds is 10. The van der Waals surface area contributed by atoms with Gasteiger partial charge in [-0.25, -0.2) is 18.4 Å². The first-order valence-corrected chi connectivity index (χ1v) is 13.2. The van der Waals surface area contributed by atoms with Crippen LogP contribution in [-0.4, -0.2) is 64.7 Å². The van der Waals surface area contributed by atoms with Crippen LogP contribution in [-0.2, 0) is 20.3 Å². The summed E-state index contributed by atoms with van der Waals surface area (Å²) in [4.78, 5) is 12.5. The molecule has 4 heterocycles. The molecule has 0 N–H and O–H groups in total. The molecule has 37 heavy (non-hydrogen) atoms. The Morgan fingerprint density at radius 3 is 2.43 bits per heavy atom. The van der Waals surface area contributed by atoms with Crippen molar-refractivity contribution in [3.63, 3.8) is 0 Å². The number of aromatic nitrogens is 6. The summed E-state index contributed by atoms with van der Waals surface area (Å²) in [5, 5.41) is 7.90. The number of methoxy groups -OCH3 is 3. The van der Waals surface area contributed by atoms with Gasteiger partial charge in [0, 0.05) is 49.1 Å². The zero-order valence-corrected chi connectivity index (χ0v) is 22.1. The van der Waals surface area contributed by atoms with E-state index in [9.17, 15) is 8.42 Å². The summed E-state index contributed by atoms with van der Waals surface area (Å²) in [6.45, 7) is 1.58. The van der Waals surface area contributed by atoms with E-state index < -0.39 is 26.9 Å². The average molecular weight is 545 g/mol. The molecule has 0 saturated carbocycles. The third-order valence-electron chi connectivity index (χ3n) is 5.80. The van der Waals surface area contributed by atoms with Crippen LogP contribution in [0.1, 0.15) is 24.4 Å². The second kappa shape index (κ2) is 11.2. The Kier molecular flexibility index (Phi) is 8.00. The maximum absolute atomic E-state index is 13.7. The lowest BCUT2D eigenvalue weighted by Gasteiger charge is -2.23. The van der Waals surface area contributed by atoms with Crippen molar-refractivity contribution in [2.24, 2.45) is 0 Å². The van der Waals surface area contributed by atoms with E-state index in [4.69, 9.17) is 25.8 Å². The standard InChI is InChI=1S/C24H25ClN6O5S/c1-15(22(35-3)16-7-8-19(25)28-13-16)37(32,33)14-20-29-30-23(17-6-5-10-26-12-17)31(20)21-18(34-2)9-11-27-24(21)36-4/h5-13,15,22H,14H2,1-4H3/t15-,22-/m1/s1. The largest absolute Gasteiger partial charge is 0.494 e. The van der Waals surface area contributed by atoms with Gasteiger partial charge in [0.2, 0.25) is 5.88 Å². The van der Waals surface area contributed by atoms with Gasteiger partial charge >= 0.3 is 0 Å². The molecule has 0 aliphatic rings. The summed E-state index contributed by atoms with van der Waals surface area (Å²) in [5.74, 6) is 0.632. The molecular formula is C24H25ClN6O5S. The fraction of sp³-hybridized carbons (Fsp3) is 0.292. The molecule has 0 saturated heterocycles. The van der Waals surface area contributed by atoms with E-state index in [1.165, 1.54) is 33.7 Å². The maximum atomic E-state index is 13.7. The summed E-state index contributed by atoms with van der Waals surface area (Å²) < 4.78 is 45.5. The van der Waals surface area contributed by atoms with Crippen molar-refractivity contribution in [2.75, 3.05) is 21.3 Å². The van der Waals surface area contributed by atoms with Crippen LogP contribution < -0.4 is 9.47 Å². The highest BCUT2D eigenvalue weighted by atomic mass is 35.5. The van der Waals surface area contributed by atoms with Crippen molar-refractivity contribution in [3.05, 3.63) is 71.7 Å². The molecule has 13 heteroatoms. The second-order valence-electron chi connectivity index (χ2n) is 7.97. The molecule has 0 fully saturated rings. The van der Waals surface area contributed by atoms with E-state index >= 15 is 0 Å². The second-order valence-corrected chi connectivity index (χ2v) is 10.7. The van der Waals surface area contributed by atoms with Gasteiger partial charge in [-0.2, -0.15) is 0 Å². The van der Waals surface area contributed by atoms with E-state index in [0.29, 0.717) is 33.5 Å². The number of nitrogens with zero attached hydrogens (tertiary/aromatic N) is 6. The summed E-state index contributed by atoms with van der Waals surface area (Å²) >= 11 is 5.90. The van der Waals surface area contributed by atoms with Gasteiger partial charge in [-0.3, -0.25) is 9.55 Å². The zero-order chi connectivity index (χ0) is 26.6. The quantitative estimate of drug-likeness (QED) is 0.273. The average Bonchev–Trinajstić information content (AvgIpc) is 3.32. The van der Waals surface area contributed by atoms with Gasteiger partial charge in [-0.15, -0.1) is 10.2 Å². The van der Waals surface area contributed by atoms with E-state index in [2.05, 4.69) is 25.1 Å². The molecule has 0 aromatic carbocycles. The molecule has 0 amide bonds. The van der Waals surface area contributed by atoms with Gasteiger partial charge in [0.05, 0.1) is 19.5 Å². The summed E-state index contributed by atoms with van der Waals surface area (Å²) in [6, 6.07) is 8.44. The fourth-order valence-electron chi connectivity index (χ4n) is 3.92. The molecule has 194 valence electrons. The summed E-state index contributed by atoms with van der Waals surface area (Å²) in [7, 11) is 0.550. The third kappa shape index (κ3) is 5.41. The van der Waals surface area contributed by atoms with Crippen LogP contribution in [0.5, 0.6) is 11.6 Å². The molecule has 0 aliphatic heterocycles. The Hall–Kier alpha value is -3.61. The minimum Gasteiger partial charge on any atom is -0.494 e. The van der Waals surface area contributed by atoms with Crippen LogP contribution in [0.15, 0.2) is 55.1 Å². The smallest absolute Gasteiger partial charge is 0.242 e. The van der Waals surface area contributed by atoms with Gasteiger partial charge in [0.25, 0.3) is 0 Å². The fourth-order valence-corrected chi connectivity index (χ4v) is 5.49. The normalized spacial score (nSPS) is 13.2. The summed E-state index contributed by atoms with van der Waals surface area (Å²) in [5.41, 5.74) is 1.55. The number of halogens is 1. The number of ether oxygens (including phenoxy) is 3. The first kappa shape index (κ1) is 26.5. The van der Waals surface area contributed by atoms with Crippen LogP contribution >= 0.6 is 11.6 Å². The number of pyridine rings is 3. The highest BCUT2D eigenvalue weighted by molar-refractivity contribution is 7.91. The highest BCUT2D eigenvalue weighted by Crippen LogP contribution is 2.36. The van der Waals surface area contributed by atoms with Crippen LogP contribution in [0.4, 0.5) is 0 Å². The van der Waals surface area contributed by atoms with Gasteiger partial charge in [0.15, 0.2) is 27.2 Å². The van der Waals surface area contributed by atoms with Gasteiger partial charge in [-0.1, -0.05) is 17.7 Å². The van der Waals surface area contributed by atoms with Crippen LogP contribution in [0.3, 0.4) is 0 Å². The maximum Gasteiger partial charge on any atom is 0.242 e. The minimum absolute atomic E-state index is 0.138. The van der Waals surface area contributed by atoms with Gasteiger partial charge in [-0.05, 0) is 25.1 Å². The highest BCUT2D eigenvalue weighted by Gasteiger charge is 2.34. The molecule has 0 spiro atoms. The topological polar surface area (TPSA) is 131 Å². The molecule has 0 radical (unpaired) electrons. The Morgan fingerprint density at radius 1 is 1.00 bits per heavy atom. The van der Waals surface area contributed by atoms with E-state index in [-0.39, 0.29) is 11.7 Å². The van der Waals surface area contributed by atoms with Crippen LogP contribution in [0.2, 0.25) is 5.15 Å². The van der Waals surface area contributed by atoms with Gasteiger partial charge < -0.3 is 14.2 Å². The van der Waals surface area contributed by atoms with Crippen molar-refractivity contribution >= 4 is 21.4 Å². The molecule has 11 nitrogen and oxygen atoms in total. The molecule has 4 aromatic heterocycles. The Morgan fingerprint density at radius 2 is 1.81 bits per heavy atom. The molecule has 2 atom stereocenters. The lowest BCUT2D eigenvalue weighted by Crippen LogP contribution is -2.29. The number of sulfone groups is 1. The van der Waals surface area contributed by atoms with Crippen molar-refractivity contribution < 1.29 is 22.6 Å². The Labute approximate surface area is 219 Å². The van der Waals surface area contributed by atoms with E-state index in [0.717, 1.165) is 0 Å². The molecule has 0 unspecified atom stereocenters. The lowest BCUT2D eigenvalue weighted by atomic mass is 10.1.